The molecule has 0 aromatic heterocycles. The first-order valence-corrected chi connectivity index (χ1v) is 8.16. The highest BCUT2D eigenvalue weighted by Crippen LogP contribution is 2.35. The first kappa shape index (κ1) is 15.8. The van der Waals surface area contributed by atoms with E-state index < -0.39 is 0 Å². The lowest BCUT2D eigenvalue weighted by Crippen LogP contribution is -2.51. The lowest BCUT2D eigenvalue weighted by Gasteiger charge is -2.44. The van der Waals surface area contributed by atoms with Gasteiger partial charge in [0.25, 0.3) is 0 Å². The largest absolute Gasteiger partial charge is 0.375 e. The third kappa shape index (κ3) is 2.73. The van der Waals surface area contributed by atoms with Crippen LogP contribution in [-0.4, -0.2) is 41.3 Å². The average molecular weight is 282 g/mol. The second kappa shape index (κ2) is 6.02. The van der Waals surface area contributed by atoms with Crippen LogP contribution in [0.15, 0.2) is 0 Å². The molecule has 3 atom stereocenters. The van der Waals surface area contributed by atoms with Crippen LogP contribution >= 0.6 is 0 Å². The lowest BCUT2D eigenvalue weighted by molar-refractivity contribution is -0.143. The summed E-state index contributed by atoms with van der Waals surface area (Å²) in [5.41, 5.74) is -0.0289. The van der Waals surface area contributed by atoms with Gasteiger partial charge in [-0.2, -0.15) is 0 Å². The van der Waals surface area contributed by atoms with E-state index >= 15 is 0 Å². The van der Waals surface area contributed by atoms with Gasteiger partial charge in [0, 0.05) is 12.6 Å². The molecular weight excluding hydrogens is 252 g/mol. The normalized spacial score (nSPS) is 34.0. The van der Waals surface area contributed by atoms with Gasteiger partial charge in [0.05, 0.1) is 17.8 Å². The highest BCUT2D eigenvalue weighted by molar-refractivity contribution is 5.84. The molecule has 0 bridgehead atoms. The zero-order chi connectivity index (χ0) is 14.9. The third-order valence-corrected chi connectivity index (χ3v) is 5.17. The van der Waals surface area contributed by atoms with Gasteiger partial charge in [-0.25, -0.2) is 0 Å². The molecule has 2 saturated heterocycles. The predicted octanol–water partition coefficient (Wildman–Crippen LogP) is 2.53. The fourth-order valence-electron chi connectivity index (χ4n) is 3.72. The Morgan fingerprint density at radius 1 is 1.40 bits per heavy atom. The summed E-state index contributed by atoms with van der Waals surface area (Å²) in [5, 5.41) is 3.45. The second-order valence-electron chi connectivity index (χ2n) is 6.70. The van der Waals surface area contributed by atoms with Crippen LogP contribution in [0.1, 0.15) is 60.3 Å². The molecular formula is C16H30N2O2. The van der Waals surface area contributed by atoms with E-state index in [4.69, 9.17) is 4.74 Å². The molecule has 0 spiro atoms. The Labute approximate surface area is 123 Å². The van der Waals surface area contributed by atoms with Crippen molar-refractivity contribution in [2.75, 3.05) is 6.61 Å². The Bertz CT molecular complexity index is 352. The van der Waals surface area contributed by atoms with Crippen molar-refractivity contribution in [1.29, 1.82) is 0 Å². The van der Waals surface area contributed by atoms with Gasteiger partial charge >= 0.3 is 0 Å². The molecule has 2 fully saturated rings. The van der Waals surface area contributed by atoms with E-state index in [1.54, 1.807) is 0 Å². The average Bonchev–Trinajstić information content (AvgIpc) is 2.74. The Morgan fingerprint density at radius 3 is 2.55 bits per heavy atom. The molecule has 0 saturated carbocycles. The highest BCUT2D eigenvalue weighted by atomic mass is 16.5. The van der Waals surface area contributed by atoms with Crippen molar-refractivity contribution in [3.8, 4) is 0 Å². The standard InChI is InChI=1S/C16H30N2O2/c1-6-16(7-2)10-13(8-9-20-16)18-12(5)17-14(11(3)4)15(18)19/h11-14,17H,6-10H2,1-5H3. The number of nitrogens with zero attached hydrogens (tertiary/aromatic N) is 1. The molecule has 1 amide bonds. The van der Waals surface area contributed by atoms with Gasteiger partial charge in [-0.3, -0.25) is 10.1 Å². The van der Waals surface area contributed by atoms with Crippen LogP contribution in [0.4, 0.5) is 0 Å². The summed E-state index contributed by atoms with van der Waals surface area (Å²) < 4.78 is 6.04. The van der Waals surface area contributed by atoms with Crippen LogP contribution in [0.3, 0.4) is 0 Å². The fourth-order valence-corrected chi connectivity index (χ4v) is 3.72. The van der Waals surface area contributed by atoms with Crippen LogP contribution in [0, 0.1) is 5.92 Å². The number of hydrogen-bond donors (Lipinski definition) is 1. The minimum Gasteiger partial charge on any atom is -0.375 e. The second-order valence-corrected chi connectivity index (χ2v) is 6.70. The van der Waals surface area contributed by atoms with Gasteiger partial charge in [0.1, 0.15) is 0 Å². The van der Waals surface area contributed by atoms with Crippen molar-refractivity contribution in [3.05, 3.63) is 0 Å². The first-order valence-electron chi connectivity index (χ1n) is 8.16. The van der Waals surface area contributed by atoms with Gasteiger partial charge in [-0.1, -0.05) is 27.7 Å². The van der Waals surface area contributed by atoms with E-state index in [9.17, 15) is 4.79 Å². The van der Waals surface area contributed by atoms with Gasteiger partial charge in [-0.15, -0.1) is 0 Å². The van der Waals surface area contributed by atoms with E-state index in [2.05, 4.69) is 44.8 Å². The predicted molar refractivity (Wildman–Crippen MR) is 80.4 cm³/mol. The quantitative estimate of drug-likeness (QED) is 0.861. The SMILES string of the molecule is CCC1(CC)CC(N2C(=O)C(C(C)C)NC2C)CCO1. The number of carbonyl (C=O) groups excluding carboxylic acids is 1. The van der Waals surface area contributed by atoms with Crippen LogP contribution in [0.5, 0.6) is 0 Å². The maximum absolute atomic E-state index is 12.7. The molecule has 4 heteroatoms. The number of nitrogens with one attached hydrogen (secondary N) is 1. The summed E-state index contributed by atoms with van der Waals surface area (Å²) in [6.45, 7) is 11.5. The van der Waals surface area contributed by atoms with E-state index in [0.717, 1.165) is 32.3 Å². The third-order valence-electron chi connectivity index (χ3n) is 5.17. The van der Waals surface area contributed by atoms with E-state index in [0.29, 0.717) is 12.0 Å². The van der Waals surface area contributed by atoms with Crippen LogP contribution in [0.25, 0.3) is 0 Å². The number of carbonyl (C=O) groups is 1. The van der Waals surface area contributed by atoms with Crippen molar-refractivity contribution in [3.63, 3.8) is 0 Å². The fraction of sp³-hybridized carbons (Fsp3) is 0.938. The number of rotatable bonds is 4. The summed E-state index contributed by atoms with van der Waals surface area (Å²) in [5.74, 6) is 0.623. The minimum absolute atomic E-state index is 0.0227. The maximum Gasteiger partial charge on any atom is 0.241 e. The Balaban J connectivity index is 2.13. The van der Waals surface area contributed by atoms with Crippen LogP contribution in [0.2, 0.25) is 0 Å². The number of amides is 1. The zero-order valence-electron chi connectivity index (χ0n) is 13.6. The Morgan fingerprint density at radius 2 is 2.05 bits per heavy atom. The highest BCUT2D eigenvalue weighted by Gasteiger charge is 2.45. The monoisotopic (exact) mass is 282 g/mol. The molecule has 0 aliphatic carbocycles. The van der Waals surface area contributed by atoms with Crippen molar-refractivity contribution in [2.24, 2.45) is 5.92 Å². The molecule has 2 aliphatic rings. The van der Waals surface area contributed by atoms with Crippen molar-refractivity contribution in [2.45, 2.75) is 84.2 Å². The molecule has 116 valence electrons. The van der Waals surface area contributed by atoms with E-state index in [1.807, 2.05) is 0 Å². The molecule has 0 radical (unpaired) electrons. The Hall–Kier alpha value is -0.610. The maximum atomic E-state index is 12.7. The molecule has 2 heterocycles. The Kier molecular flexibility index (Phi) is 4.75. The van der Waals surface area contributed by atoms with Crippen molar-refractivity contribution >= 4 is 5.91 Å². The summed E-state index contributed by atoms with van der Waals surface area (Å²) in [6.07, 6.45) is 4.13. The summed E-state index contributed by atoms with van der Waals surface area (Å²) in [4.78, 5) is 14.8. The molecule has 0 aromatic rings. The number of ether oxygens (including phenoxy) is 1. The van der Waals surface area contributed by atoms with Gasteiger partial charge < -0.3 is 9.64 Å². The van der Waals surface area contributed by atoms with Gasteiger partial charge in [0.15, 0.2) is 0 Å². The molecule has 2 rings (SSSR count). The molecule has 20 heavy (non-hydrogen) atoms. The zero-order valence-corrected chi connectivity index (χ0v) is 13.6. The lowest BCUT2D eigenvalue weighted by atomic mass is 9.85. The molecule has 2 aliphatic heterocycles. The summed E-state index contributed by atoms with van der Waals surface area (Å²) in [6, 6.07) is 0.299. The first-order chi connectivity index (χ1) is 9.44. The number of hydrogen-bond acceptors (Lipinski definition) is 3. The van der Waals surface area contributed by atoms with Gasteiger partial charge in [-0.05, 0) is 38.5 Å². The molecule has 1 N–H and O–H groups in total. The summed E-state index contributed by atoms with van der Waals surface area (Å²) >= 11 is 0. The van der Waals surface area contributed by atoms with Crippen LogP contribution < -0.4 is 5.32 Å². The van der Waals surface area contributed by atoms with Crippen LogP contribution in [-0.2, 0) is 9.53 Å². The molecule has 4 nitrogen and oxygen atoms in total. The van der Waals surface area contributed by atoms with E-state index in [1.165, 1.54) is 0 Å². The van der Waals surface area contributed by atoms with Crippen molar-refractivity contribution < 1.29 is 9.53 Å². The van der Waals surface area contributed by atoms with Gasteiger partial charge in [0.2, 0.25) is 5.91 Å². The van der Waals surface area contributed by atoms with Crippen molar-refractivity contribution in [1.82, 2.24) is 10.2 Å². The topological polar surface area (TPSA) is 41.6 Å². The van der Waals surface area contributed by atoms with E-state index in [-0.39, 0.29) is 23.7 Å². The molecule has 0 aromatic carbocycles. The minimum atomic E-state index is -0.0289. The molecule has 3 unspecified atom stereocenters. The smallest absolute Gasteiger partial charge is 0.241 e. The summed E-state index contributed by atoms with van der Waals surface area (Å²) in [7, 11) is 0.